The summed E-state index contributed by atoms with van der Waals surface area (Å²) in [5.41, 5.74) is 1.79. The van der Waals surface area contributed by atoms with Crippen molar-refractivity contribution in [2.75, 3.05) is 26.2 Å². The van der Waals surface area contributed by atoms with Gasteiger partial charge in [0, 0.05) is 26.2 Å². The molecular weight excluding hydrogens is 314 g/mol. The molecule has 0 bridgehead atoms. The fourth-order valence-electron chi connectivity index (χ4n) is 3.08. The third-order valence-corrected chi connectivity index (χ3v) is 4.32. The Labute approximate surface area is 138 Å². The van der Waals surface area contributed by atoms with E-state index < -0.39 is 6.09 Å². The Morgan fingerprint density at radius 1 is 0.833 bits per heavy atom. The minimum absolute atomic E-state index is 0.165. The van der Waals surface area contributed by atoms with Gasteiger partial charge in [0.15, 0.2) is 0 Å². The van der Waals surface area contributed by atoms with Crippen LogP contribution in [-0.2, 0) is 0 Å². The molecule has 126 valence electrons. The van der Waals surface area contributed by atoms with Crippen LogP contribution >= 0.6 is 0 Å². The van der Waals surface area contributed by atoms with E-state index in [4.69, 9.17) is 5.11 Å². The lowest BCUT2D eigenvalue weighted by atomic mass is 9.96. The summed E-state index contributed by atoms with van der Waals surface area (Å²) >= 11 is 0. The van der Waals surface area contributed by atoms with Crippen LogP contribution in [-0.4, -0.2) is 47.2 Å². The molecule has 1 N–H and O–H groups in total. The Morgan fingerprint density at radius 2 is 1.25 bits per heavy atom. The molecule has 4 nitrogen and oxygen atoms in total. The van der Waals surface area contributed by atoms with Gasteiger partial charge in [-0.05, 0) is 35.4 Å². The molecule has 1 heterocycles. The first kappa shape index (κ1) is 16.4. The van der Waals surface area contributed by atoms with Gasteiger partial charge in [0.05, 0.1) is 6.04 Å². The van der Waals surface area contributed by atoms with Crippen molar-refractivity contribution in [2.24, 2.45) is 0 Å². The average molecular weight is 332 g/mol. The van der Waals surface area contributed by atoms with Crippen LogP contribution in [0.3, 0.4) is 0 Å². The van der Waals surface area contributed by atoms with Crippen LogP contribution in [0.1, 0.15) is 17.2 Å². The summed E-state index contributed by atoms with van der Waals surface area (Å²) in [5, 5.41) is 9.08. The van der Waals surface area contributed by atoms with Crippen molar-refractivity contribution in [3.05, 3.63) is 71.3 Å². The minimum atomic E-state index is -0.922. The largest absolute Gasteiger partial charge is 0.465 e. The van der Waals surface area contributed by atoms with Crippen molar-refractivity contribution >= 4 is 6.09 Å². The van der Waals surface area contributed by atoms with Gasteiger partial charge in [0.25, 0.3) is 0 Å². The molecule has 24 heavy (non-hydrogen) atoms. The molecule has 0 atom stereocenters. The summed E-state index contributed by atoms with van der Waals surface area (Å²) < 4.78 is 26.5. The lowest BCUT2D eigenvalue weighted by molar-refractivity contribution is 0.0931. The number of halogens is 2. The van der Waals surface area contributed by atoms with E-state index in [9.17, 15) is 13.6 Å². The van der Waals surface area contributed by atoms with Crippen molar-refractivity contribution in [3.8, 4) is 0 Å². The van der Waals surface area contributed by atoms with Gasteiger partial charge in [-0.1, -0.05) is 24.3 Å². The Hall–Kier alpha value is -2.47. The quantitative estimate of drug-likeness (QED) is 0.937. The maximum atomic E-state index is 13.3. The average Bonchev–Trinajstić information content (AvgIpc) is 2.59. The van der Waals surface area contributed by atoms with Gasteiger partial charge in [-0.15, -0.1) is 0 Å². The summed E-state index contributed by atoms with van der Waals surface area (Å²) in [7, 11) is 0. The van der Waals surface area contributed by atoms with Crippen molar-refractivity contribution in [1.82, 2.24) is 9.80 Å². The van der Waals surface area contributed by atoms with Crippen molar-refractivity contribution in [3.63, 3.8) is 0 Å². The van der Waals surface area contributed by atoms with Crippen molar-refractivity contribution in [1.29, 1.82) is 0 Å². The molecule has 6 heteroatoms. The highest BCUT2D eigenvalue weighted by molar-refractivity contribution is 5.65. The Bertz CT molecular complexity index is 650. The lowest BCUT2D eigenvalue weighted by Crippen LogP contribution is -2.49. The summed E-state index contributed by atoms with van der Waals surface area (Å²) in [6.07, 6.45) is -0.922. The van der Waals surface area contributed by atoms with E-state index in [-0.39, 0.29) is 17.7 Å². The van der Waals surface area contributed by atoms with Crippen LogP contribution in [0.2, 0.25) is 0 Å². The molecule has 1 saturated heterocycles. The Morgan fingerprint density at radius 3 is 1.62 bits per heavy atom. The maximum absolute atomic E-state index is 13.3. The molecule has 1 amide bonds. The number of hydrogen-bond donors (Lipinski definition) is 1. The predicted octanol–water partition coefficient (Wildman–Crippen LogP) is 3.35. The Balaban J connectivity index is 1.89. The fourth-order valence-corrected chi connectivity index (χ4v) is 3.08. The molecule has 0 aromatic heterocycles. The highest BCUT2D eigenvalue weighted by Gasteiger charge is 2.28. The third kappa shape index (κ3) is 3.54. The monoisotopic (exact) mass is 332 g/mol. The fraction of sp³-hybridized carbons (Fsp3) is 0.278. The summed E-state index contributed by atoms with van der Waals surface area (Å²) in [6.45, 7) is 1.94. The standard InChI is InChI=1S/C18H18F2N2O2/c19-15-5-1-13(2-6-15)17(14-3-7-16(20)8-4-14)21-9-11-22(12-10-21)18(23)24/h1-8,17H,9-12H2,(H,23,24). The zero-order chi connectivity index (χ0) is 17.1. The zero-order valence-corrected chi connectivity index (χ0v) is 13.0. The molecule has 0 spiro atoms. The van der Waals surface area contributed by atoms with Gasteiger partial charge in [-0.2, -0.15) is 0 Å². The summed E-state index contributed by atoms with van der Waals surface area (Å²) in [4.78, 5) is 14.6. The minimum Gasteiger partial charge on any atom is -0.465 e. The topological polar surface area (TPSA) is 43.8 Å². The molecule has 3 rings (SSSR count). The second kappa shape index (κ2) is 6.97. The first-order valence-electron chi connectivity index (χ1n) is 7.77. The molecule has 1 aliphatic rings. The van der Waals surface area contributed by atoms with Gasteiger partial charge in [0.2, 0.25) is 0 Å². The smallest absolute Gasteiger partial charge is 0.407 e. The van der Waals surface area contributed by atoms with Crippen LogP contribution in [0.15, 0.2) is 48.5 Å². The summed E-state index contributed by atoms with van der Waals surface area (Å²) in [6, 6.07) is 12.3. The molecule has 0 aliphatic carbocycles. The molecule has 0 saturated carbocycles. The second-order valence-electron chi connectivity index (χ2n) is 5.81. The molecule has 2 aromatic rings. The van der Waals surface area contributed by atoms with E-state index in [1.165, 1.54) is 29.2 Å². The van der Waals surface area contributed by atoms with E-state index in [1.807, 2.05) is 0 Å². The van der Waals surface area contributed by atoms with Gasteiger partial charge in [-0.25, -0.2) is 13.6 Å². The predicted molar refractivity (Wildman–Crippen MR) is 85.8 cm³/mol. The van der Waals surface area contributed by atoms with Crippen LogP contribution in [0.4, 0.5) is 13.6 Å². The summed E-state index contributed by atoms with van der Waals surface area (Å²) in [5.74, 6) is -0.625. The van der Waals surface area contributed by atoms with Crippen molar-refractivity contribution < 1.29 is 18.7 Å². The number of nitrogens with zero attached hydrogens (tertiary/aromatic N) is 2. The van der Waals surface area contributed by atoms with Crippen molar-refractivity contribution in [2.45, 2.75) is 6.04 Å². The second-order valence-corrected chi connectivity index (χ2v) is 5.81. The number of amides is 1. The van der Waals surface area contributed by atoms with Crippen LogP contribution in [0, 0.1) is 11.6 Å². The molecule has 0 unspecified atom stereocenters. The molecule has 2 aromatic carbocycles. The van der Waals surface area contributed by atoms with Crippen LogP contribution in [0.25, 0.3) is 0 Å². The van der Waals surface area contributed by atoms with E-state index in [0.717, 1.165) is 11.1 Å². The SMILES string of the molecule is O=C(O)N1CCN(C(c2ccc(F)cc2)c2ccc(F)cc2)CC1. The molecular formula is C18H18F2N2O2. The van der Waals surface area contributed by atoms with E-state index in [0.29, 0.717) is 26.2 Å². The number of benzene rings is 2. The Kier molecular flexibility index (Phi) is 4.76. The van der Waals surface area contributed by atoms with Gasteiger partial charge in [0.1, 0.15) is 11.6 Å². The molecule has 1 aliphatic heterocycles. The molecule has 1 fully saturated rings. The highest BCUT2D eigenvalue weighted by Crippen LogP contribution is 2.30. The number of carbonyl (C=O) groups is 1. The van der Waals surface area contributed by atoms with Gasteiger partial charge < -0.3 is 10.0 Å². The number of piperazine rings is 1. The first-order valence-corrected chi connectivity index (χ1v) is 7.77. The number of carboxylic acid groups (broad SMARTS) is 1. The highest BCUT2D eigenvalue weighted by atomic mass is 19.1. The van der Waals surface area contributed by atoms with E-state index in [1.54, 1.807) is 24.3 Å². The molecule has 0 radical (unpaired) electrons. The lowest BCUT2D eigenvalue weighted by Gasteiger charge is -2.38. The van der Waals surface area contributed by atoms with Gasteiger partial charge >= 0.3 is 6.09 Å². The van der Waals surface area contributed by atoms with Gasteiger partial charge in [-0.3, -0.25) is 4.90 Å². The maximum Gasteiger partial charge on any atom is 0.407 e. The first-order chi connectivity index (χ1) is 11.5. The van der Waals surface area contributed by atoms with Crippen LogP contribution < -0.4 is 0 Å². The number of hydrogen-bond acceptors (Lipinski definition) is 2. The van der Waals surface area contributed by atoms with E-state index >= 15 is 0 Å². The third-order valence-electron chi connectivity index (χ3n) is 4.32. The number of rotatable bonds is 3. The normalized spacial score (nSPS) is 15.7. The zero-order valence-electron chi connectivity index (χ0n) is 13.0. The van der Waals surface area contributed by atoms with Crippen LogP contribution in [0.5, 0.6) is 0 Å². The van der Waals surface area contributed by atoms with E-state index in [2.05, 4.69) is 4.90 Å².